The Balaban J connectivity index is 1.56. The molecular formula is C22H20ClN3O4S2. The maximum Gasteiger partial charge on any atom is 0.191 e. The Morgan fingerprint density at radius 3 is 2.62 bits per heavy atom. The van der Waals surface area contributed by atoms with Gasteiger partial charge in [-0.05, 0) is 48.5 Å². The second-order valence-electron chi connectivity index (χ2n) is 6.82. The molecule has 0 saturated heterocycles. The highest BCUT2D eigenvalue weighted by Crippen LogP contribution is 2.28. The molecule has 0 fully saturated rings. The van der Waals surface area contributed by atoms with E-state index < -0.39 is 9.84 Å². The lowest BCUT2D eigenvalue weighted by atomic mass is 10.2. The van der Waals surface area contributed by atoms with Crippen LogP contribution in [-0.4, -0.2) is 41.8 Å². The number of ether oxygens (including phenoxy) is 1. The Hall–Kier alpha value is -2.75. The summed E-state index contributed by atoms with van der Waals surface area (Å²) >= 11 is 7.19. The van der Waals surface area contributed by atoms with Gasteiger partial charge in [-0.25, -0.2) is 8.42 Å². The third-order valence-corrected chi connectivity index (χ3v) is 7.91. The SMILES string of the molecule is COc1cccc(-c2nnc(SCCS(=O)(=O)c3ccc(Cl)cc3)n2Cc2ccco2)c1. The minimum atomic E-state index is -3.44. The lowest BCUT2D eigenvalue weighted by Crippen LogP contribution is -2.10. The van der Waals surface area contributed by atoms with Gasteiger partial charge in [0.15, 0.2) is 20.8 Å². The van der Waals surface area contributed by atoms with E-state index in [1.807, 2.05) is 41.0 Å². The van der Waals surface area contributed by atoms with E-state index in [4.69, 9.17) is 20.8 Å². The van der Waals surface area contributed by atoms with E-state index in [1.165, 1.54) is 23.9 Å². The second-order valence-corrected chi connectivity index (χ2v) is 10.4. The number of nitrogens with zero attached hydrogens (tertiary/aromatic N) is 3. The van der Waals surface area contributed by atoms with Gasteiger partial charge < -0.3 is 9.15 Å². The van der Waals surface area contributed by atoms with Gasteiger partial charge in [-0.15, -0.1) is 10.2 Å². The van der Waals surface area contributed by atoms with E-state index in [0.29, 0.717) is 34.1 Å². The zero-order valence-electron chi connectivity index (χ0n) is 17.1. The van der Waals surface area contributed by atoms with Gasteiger partial charge in [0.1, 0.15) is 11.5 Å². The highest BCUT2D eigenvalue weighted by atomic mass is 35.5. The topological polar surface area (TPSA) is 87.2 Å². The van der Waals surface area contributed by atoms with Crippen LogP contribution in [0.3, 0.4) is 0 Å². The number of hydrogen-bond acceptors (Lipinski definition) is 7. The Labute approximate surface area is 195 Å². The third kappa shape index (κ3) is 5.17. The summed E-state index contributed by atoms with van der Waals surface area (Å²) in [6, 6.07) is 17.4. The van der Waals surface area contributed by atoms with Crippen LogP contribution in [-0.2, 0) is 16.4 Å². The molecule has 0 spiro atoms. The molecule has 2 aromatic heterocycles. The third-order valence-electron chi connectivity index (χ3n) is 4.69. The smallest absolute Gasteiger partial charge is 0.191 e. The van der Waals surface area contributed by atoms with Crippen molar-refractivity contribution in [3.05, 3.63) is 77.7 Å². The average Bonchev–Trinajstić information content (AvgIpc) is 3.45. The van der Waals surface area contributed by atoms with Crippen LogP contribution in [0.15, 0.2) is 81.4 Å². The van der Waals surface area contributed by atoms with Crippen LogP contribution in [0, 0.1) is 0 Å². The fraction of sp³-hybridized carbons (Fsp3) is 0.182. The maximum absolute atomic E-state index is 12.6. The highest BCUT2D eigenvalue weighted by Gasteiger charge is 2.19. The molecule has 7 nitrogen and oxygen atoms in total. The van der Waals surface area contributed by atoms with Crippen molar-refractivity contribution in [3.8, 4) is 17.1 Å². The van der Waals surface area contributed by atoms with E-state index in [-0.39, 0.29) is 10.6 Å². The minimum Gasteiger partial charge on any atom is -0.497 e. The van der Waals surface area contributed by atoms with Crippen molar-refractivity contribution in [2.24, 2.45) is 0 Å². The molecule has 2 aromatic carbocycles. The molecule has 0 radical (unpaired) electrons. The molecular weight excluding hydrogens is 470 g/mol. The molecule has 0 aliphatic heterocycles. The standard InChI is InChI=1S/C22H20ClN3O4S2/c1-29-18-5-2-4-16(14-18)21-24-25-22(26(21)15-19-6-3-11-30-19)31-12-13-32(27,28)20-9-7-17(23)8-10-20/h2-11,14H,12-13,15H2,1H3. The molecule has 0 bridgehead atoms. The van der Waals surface area contributed by atoms with Crippen LogP contribution in [0.1, 0.15) is 5.76 Å². The van der Waals surface area contributed by atoms with Crippen molar-refractivity contribution >= 4 is 33.2 Å². The minimum absolute atomic E-state index is 0.0403. The summed E-state index contributed by atoms with van der Waals surface area (Å²) in [5, 5.41) is 9.77. The van der Waals surface area contributed by atoms with Crippen molar-refractivity contribution in [1.82, 2.24) is 14.8 Å². The number of aromatic nitrogens is 3. The molecule has 0 saturated carbocycles. The molecule has 0 aliphatic carbocycles. The molecule has 0 atom stereocenters. The van der Waals surface area contributed by atoms with Gasteiger partial charge in [-0.2, -0.15) is 0 Å². The largest absolute Gasteiger partial charge is 0.497 e. The molecule has 0 unspecified atom stereocenters. The molecule has 0 aliphatic rings. The van der Waals surface area contributed by atoms with Crippen molar-refractivity contribution in [1.29, 1.82) is 0 Å². The zero-order chi connectivity index (χ0) is 22.6. The van der Waals surface area contributed by atoms with Gasteiger partial charge in [0, 0.05) is 16.3 Å². The van der Waals surface area contributed by atoms with E-state index >= 15 is 0 Å². The Kier molecular flexibility index (Phi) is 6.88. The maximum atomic E-state index is 12.6. The van der Waals surface area contributed by atoms with Gasteiger partial charge in [-0.3, -0.25) is 4.57 Å². The highest BCUT2D eigenvalue weighted by molar-refractivity contribution is 8.00. The summed E-state index contributed by atoms with van der Waals surface area (Å²) in [7, 11) is -1.83. The van der Waals surface area contributed by atoms with Crippen molar-refractivity contribution in [3.63, 3.8) is 0 Å². The number of halogens is 1. The Morgan fingerprint density at radius 2 is 1.91 bits per heavy atom. The molecule has 32 heavy (non-hydrogen) atoms. The molecule has 166 valence electrons. The number of furan rings is 1. The van der Waals surface area contributed by atoms with Crippen LogP contribution in [0.25, 0.3) is 11.4 Å². The molecule has 4 aromatic rings. The molecule has 2 heterocycles. The van der Waals surface area contributed by atoms with E-state index in [1.54, 1.807) is 25.5 Å². The van der Waals surface area contributed by atoms with Gasteiger partial charge >= 0.3 is 0 Å². The summed E-state index contributed by atoms with van der Waals surface area (Å²) in [5.74, 6) is 2.37. The number of thioether (sulfide) groups is 1. The first-order valence-electron chi connectivity index (χ1n) is 9.67. The first-order valence-corrected chi connectivity index (χ1v) is 12.7. The number of sulfone groups is 1. The van der Waals surface area contributed by atoms with E-state index in [0.717, 1.165) is 11.3 Å². The summed E-state index contributed by atoms with van der Waals surface area (Å²) in [6.07, 6.45) is 1.61. The van der Waals surface area contributed by atoms with Crippen LogP contribution >= 0.6 is 23.4 Å². The van der Waals surface area contributed by atoms with E-state index in [9.17, 15) is 8.42 Å². The van der Waals surface area contributed by atoms with Crippen molar-refractivity contribution in [2.45, 2.75) is 16.6 Å². The first-order chi connectivity index (χ1) is 15.5. The Bertz CT molecular complexity index is 1290. The van der Waals surface area contributed by atoms with Crippen LogP contribution in [0.5, 0.6) is 5.75 Å². The van der Waals surface area contributed by atoms with Crippen LogP contribution in [0.4, 0.5) is 0 Å². The lowest BCUT2D eigenvalue weighted by molar-refractivity contribution is 0.415. The second kappa shape index (κ2) is 9.81. The first kappa shape index (κ1) is 22.4. The normalized spacial score (nSPS) is 11.6. The molecule has 4 rings (SSSR count). The molecule has 0 N–H and O–H groups in total. The van der Waals surface area contributed by atoms with Crippen LogP contribution < -0.4 is 4.74 Å². The monoisotopic (exact) mass is 489 g/mol. The van der Waals surface area contributed by atoms with Gasteiger partial charge in [-0.1, -0.05) is 35.5 Å². The molecule has 10 heteroatoms. The van der Waals surface area contributed by atoms with Crippen molar-refractivity contribution in [2.75, 3.05) is 18.6 Å². The fourth-order valence-electron chi connectivity index (χ4n) is 3.07. The summed E-state index contributed by atoms with van der Waals surface area (Å²) in [4.78, 5) is 0.247. The summed E-state index contributed by atoms with van der Waals surface area (Å²) in [6.45, 7) is 0.415. The number of rotatable bonds is 9. The summed E-state index contributed by atoms with van der Waals surface area (Å²) in [5.41, 5.74) is 0.837. The number of hydrogen-bond donors (Lipinski definition) is 0. The summed E-state index contributed by atoms with van der Waals surface area (Å²) < 4.78 is 38.0. The number of methoxy groups -OCH3 is 1. The predicted octanol–water partition coefficient (Wildman–Crippen LogP) is 4.81. The van der Waals surface area contributed by atoms with Gasteiger partial charge in [0.05, 0.1) is 30.6 Å². The van der Waals surface area contributed by atoms with E-state index in [2.05, 4.69) is 10.2 Å². The molecule has 0 amide bonds. The fourth-order valence-corrected chi connectivity index (χ4v) is 5.79. The lowest BCUT2D eigenvalue weighted by Gasteiger charge is -2.10. The van der Waals surface area contributed by atoms with Gasteiger partial charge in [0.2, 0.25) is 0 Å². The van der Waals surface area contributed by atoms with Gasteiger partial charge in [0.25, 0.3) is 0 Å². The predicted molar refractivity (Wildman–Crippen MR) is 124 cm³/mol. The van der Waals surface area contributed by atoms with Crippen LogP contribution in [0.2, 0.25) is 5.02 Å². The Morgan fingerprint density at radius 1 is 1.09 bits per heavy atom. The number of benzene rings is 2. The van der Waals surface area contributed by atoms with Crippen molar-refractivity contribution < 1.29 is 17.6 Å². The average molecular weight is 490 g/mol. The quantitative estimate of drug-likeness (QED) is 0.311. The zero-order valence-corrected chi connectivity index (χ0v) is 19.5.